The topological polar surface area (TPSA) is 54.9 Å². The number of amides is 1. The monoisotopic (exact) mass is 423 g/mol. The molecule has 0 aliphatic carbocycles. The maximum atomic E-state index is 12.5. The molecule has 150 valence electrons. The Morgan fingerprint density at radius 3 is 2.81 bits per heavy atom. The number of morpholine rings is 1. The van der Waals surface area contributed by atoms with Crippen LogP contribution in [0.3, 0.4) is 0 Å². The molecule has 0 N–H and O–H groups in total. The number of pyridine rings is 1. The average molecular weight is 423 g/mol. The molecule has 0 aromatic carbocycles. The number of hydrogen-bond donors (Lipinski definition) is 0. The summed E-state index contributed by atoms with van der Waals surface area (Å²) in [4.78, 5) is 19.4. The van der Waals surface area contributed by atoms with Gasteiger partial charge >= 0.3 is 6.18 Å². The molecule has 11 heteroatoms. The Labute approximate surface area is 165 Å². The summed E-state index contributed by atoms with van der Waals surface area (Å²) in [5.74, 6) is 0.262. The van der Waals surface area contributed by atoms with Crippen molar-refractivity contribution in [3.8, 4) is 5.88 Å². The summed E-state index contributed by atoms with van der Waals surface area (Å²) in [6.45, 7) is 1.27. The van der Waals surface area contributed by atoms with Crippen LogP contribution in [0.4, 0.5) is 13.2 Å². The predicted molar refractivity (Wildman–Crippen MR) is 99.8 cm³/mol. The Balaban J connectivity index is 1.80. The van der Waals surface area contributed by atoms with Gasteiger partial charge in [0.05, 0.1) is 24.5 Å². The fourth-order valence-corrected chi connectivity index (χ4v) is 3.07. The molecule has 1 saturated heterocycles. The third kappa shape index (κ3) is 6.82. The first-order valence-corrected chi connectivity index (χ1v) is 9.45. The lowest BCUT2D eigenvalue weighted by atomic mass is 10.2. The van der Waals surface area contributed by atoms with E-state index in [1.807, 2.05) is 14.1 Å². The highest BCUT2D eigenvalue weighted by atomic mass is 32.2. The summed E-state index contributed by atoms with van der Waals surface area (Å²) in [5, 5.41) is 0. The predicted octanol–water partition coefficient (Wildman–Crippen LogP) is 2.29. The van der Waals surface area contributed by atoms with Gasteiger partial charge in [-0.3, -0.25) is 4.79 Å². The lowest BCUT2D eigenvalue weighted by Crippen LogP contribution is -2.48. The lowest BCUT2D eigenvalue weighted by molar-refractivity contribution is -0.138. The second-order valence-corrected chi connectivity index (χ2v) is 7.58. The van der Waals surface area contributed by atoms with Gasteiger partial charge in [0.15, 0.2) is 0 Å². The van der Waals surface area contributed by atoms with E-state index in [-0.39, 0.29) is 30.3 Å². The fraction of sp³-hybridized carbons (Fsp3) is 0.562. The van der Waals surface area contributed by atoms with E-state index in [1.54, 1.807) is 9.80 Å². The molecular formula is C16H20F3N3O3S2. The summed E-state index contributed by atoms with van der Waals surface area (Å²) < 4.78 is 49.1. The van der Waals surface area contributed by atoms with Crippen LogP contribution in [0.15, 0.2) is 18.3 Å². The molecule has 27 heavy (non-hydrogen) atoms. The molecule has 1 aromatic heterocycles. The Morgan fingerprint density at radius 1 is 1.48 bits per heavy atom. The molecule has 0 saturated carbocycles. The SMILES string of the molecule is CN(C)C(=S)SCC(=O)N1CCOC(COc2ccc(C(F)(F)F)cn2)C1. The summed E-state index contributed by atoms with van der Waals surface area (Å²) >= 11 is 6.44. The minimum absolute atomic E-state index is 0.0508. The minimum atomic E-state index is -4.44. The first-order chi connectivity index (χ1) is 12.7. The average Bonchev–Trinajstić information content (AvgIpc) is 2.64. The number of thiocarbonyl (C=S) groups is 1. The number of rotatable bonds is 5. The van der Waals surface area contributed by atoms with Gasteiger partial charge in [-0.1, -0.05) is 24.0 Å². The van der Waals surface area contributed by atoms with Crippen molar-refractivity contribution in [1.29, 1.82) is 0 Å². The number of aromatic nitrogens is 1. The third-order valence-electron chi connectivity index (χ3n) is 3.66. The van der Waals surface area contributed by atoms with Crippen molar-refractivity contribution in [1.82, 2.24) is 14.8 Å². The maximum absolute atomic E-state index is 12.5. The molecule has 6 nitrogen and oxygen atoms in total. The van der Waals surface area contributed by atoms with Gasteiger partial charge in [-0.15, -0.1) is 0 Å². The highest BCUT2D eigenvalue weighted by molar-refractivity contribution is 8.23. The van der Waals surface area contributed by atoms with Gasteiger partial charge in [-0.25, -0.2) is 4.98 Å². The van der Waals surface area contributed by atoms with Crippen molar-refractivity contribution in [2.24, 2.45) is 0 Å². The number of thioether (sulfide) groups is 1. The Hall–Kier alpha value is -1.59. The van der Waals surface area contributed by atoms with Gasteiger partial charge in [0.25, 0.3) is 0 Å². The second-order valence-electron chi connectivity index (χ2n) is 5.98. The van der Waals surface area contributed by atoms with Gasteiger partial charge in [-0.05, 0) is 6.07 Å². The molecule has 2 heterocycles. The van der Waals surface area contributed by atoms with Crippen molar-refractivity contribution in [2.75, 3.05) is 46.2 Å². The largest absolute Gasteiger partial charge is 0.475 e. The quantitative estimate of drug-likeness (QED) is 0.674. The van der Waals surface area contributed by atoms with Crippen LogP contribution in [-0.2, 0) is 15.7 Å². The number of nitrogens with zero attached hydrogens (tertiary/aromatic N) is 3. The molecule has 1 unspecified atom stereocenters. The van der Waals surface area contributed by atoms with Gasteiger partial charge in [0, 0.05) is 32.9 Å². The van der Waals surface area contributed by atoms with Crippen LogP contribution in [0.25, 0.3) is 0 Å². The molecule has 0 bridgehead atoms. The van der Waals surface area contributed by atoms with E-state index < -0.39 is 11.7 Å². The first kappa shape index (κ1) is 21.7. The zero-order valence-corrected chi connectivity index (χ0v) is 16.5. The number of carbonyl (C=O) groups is 1. The number of ether oxygens (including phenoxy) is 2. The molecule has 2 rings (SSSR count). The zero-order chi connectivity index (χ0) is 20.0. The van der Waals surface area contributed by atoms with Crippen LogP contribution >= 0.6 is 24.0 Å². The number of carbonyl (C=O) groups excluding carboxylic acids is 1. The standard InChI is InChI=1S/C16H20F3N3O3S2/c1-21(2)15(26)27-10-14(23)22-5-6-24-12(8-22)9-25-13-4-3-11(7-20-13)16(17,18)19/h3-4,7,12H,5-6,8-10H2,1-2H3. The third-order valence-corrected chi connectivity index (χ3v) is 5.38. The molecule has 1 aromatic rings. The Kier molecular flexibility index (Phi) is 7.68. The zero-order valence-electron chi connectivity index (χ0n) is 14.9. The van der Waals surface area contributed by atoms with E-state index >= 15 is 0 Å². The molecule has 0 spiro atoms. The minimum Gasteiger partial charge on any atom is -0.475 e. The van der Waals surface area contributed by atoms with Crippen LogP contribution in [0.2, 0.25) is 0 Å². The van der Waals surface area contributed by atoms with Crippen LogP contribution in [-0.4, -0.2) is 77.3 Å². The normalized spacial score (nSPS) is 17.5. The molecule has 1 aliphatic rings. The summed E-state index contributed by atoms with van der Waals surface area (Å²) in [6.07, 6.45) is -4.10. The van der Waals surface area contributed by atoms with E-state index in [0.717, 1.165) is 18.3 Å². The van der Waals surface area contributed by atoms with Crippen molar-refractivity contribution in [3.05, 3.63) is 23.9 Å². The molecule has 1 aliphatic heterocycles. The first-order valence-electron chi connectivity index (χ1n) is 8.06. The van der Waals surface area contributed by atoms with Gasteiger partial charge in [0.2, 0.25) is 11.8 Å². The van der Waals surface area contributed by atoms with E-state index in [4.69, 9.17) is 21.7 Å². The van der Waals surface area contributed by atoms with Gasteiger partial charge < -0.3 is 19.3 Å². The molecule has 1 atom stereocenters. The van der Waals surface area contributed by atoms with Crippen molar-refractivity contribution in [2.45, 2.75) is 12.3 Å². The van der Waals surface area contributed by atoms with E-state index in [0.29, 0.717) is 24.0 Å². The molecule has 1 amide bonds. The number of halogens is 3. The number of hydrogen-bond acceptors (Lipinski definition) is 6. The Bertz CT molecular complexity index is 657. The van der Waals surface area contributed by atoms with Gasteiger partial charge in [0.1, 0.15) is 17.0 Å². The van der Waals surface area contributed by atoms with Crippen molar-refractivity contribution >= 4 is 34.2 Å². The summed E-state index contributed by atoms with van der Waals surface area (Å²) in [6, 6.07) is 2.07. The van der Waals surface area contributed by atoms with Crippen molar-refractivity contribution in [3.63, 3.8) is 0 Å². The smallest absolute Gasteiger partial charge is 0.417 e. The maximum Gasteiger partial charge on any atom is 0.417 e. The lowest BCUT2D eigenvalue weighted by Gasteiger charge is -2.32. The fourth-order valence-electron chi connectivity index (χ4n) is 2.20. The van der Waals surface area contributed by atoms with Crippen LogP contribution in [0, 0.1) is 0 Å². The van der Waals surface area contributed by atoms with Crippen LogP contribution < -0.4 is 4.74 Å². The van der Waals surface area contributed by atoms with Crippen molar-refractivity contribution < 1.29 is 27.4 Å². The van der Waals surface area contributed by atoms with Gasteiger partial charge in [-0.2, -0.15) is 13.2 Å². The summed E-state index contributed by atoms with van der Waals surface area (Å²) in [7, 11) is 3.63. The Morgan fingerprint density at radius 2 is 2.22 bits per heavy atom. The van der Waals surface area contributed by atoms with E-state index in [2.05, 4.69) is 4.98 Å². The summed E-state index contributed by atoms with van der Waals surface area (Å²) in [5.41, 5.74) is -0.839. The highest BCUT2D eigenvalue weighted by Gasteiger charge is 2.31. The van der Waals surface area contributed by atoms with Crippen LogP contribution in [0.1, 0.15) is 5.56 Å². The van der Waals surface area contributed by atoms with E-state index in [9.17, 15) is 18.0 Å². The van der Waals surface area contributed by atoms with E-state index in [1.165, 1.54) is 11.8 Å². The molecule has 0 radical (unpaired) electrons. The second kappa shape index (κ2) is 9.56. The van der Waals surface area contributed by atoms with Crippen LogP contribution in [0.5, 0.6) is 5.88 Å². The highest BCUT2D eigenvalue weighted by Crippen LogP contribution is 2.29. The number of alkyl halides is 3. The molecular weight excluding hydrogens is 403 g/mol. The molecule has 1 fully saturated rings.